The summed E-state index contributed by atoms with van der Waals surface area (Å²) in [5, 5.41) is 34.0. The number of rotatable bonds is 4. The monoisotopic (exact) mass is 290 g/mol. The zero-order chi connectivity index (χ0) is 10.9. The van der Waals surface area contributed by atoms with E-state index in [4.69, 9.17) is 35.1 Å². The highest BCUT2D eigenvalue weighted by atomic mass is 35.5. The smallest absolute Gasteiger partial charge is 0.324 e. The zero-order valence-corrected chi connectivity index (χ0v) is 10.3. The van der Waals surface area contributed by atoms with Gasteiger partial charge >= 0.3 is 8.60 Å². The maximum atomic E-state index is 8.50. The fourth-order valence-corrected chi connectivity index (χ4v) is 0.300. The highest BCUT2D eigenvalue weighted by Crippen LogP contribution is 2.12. The lowest BCUT2D eigenvalue weighted by molar-refractivity contribution is -0.0328. The second-order valence-corrected chi connectivity index (χ2v) is 2.94. The molecule has 0 saturated heterocycles. The van der Waals surface area contributed by atoms with Gasteiger partial charge < -0.3 is 35.1 Å². The molecule has 0 aliphatic rings. The van der Waals surface area contributed by atoms with E-state index in [0.29, 0.717) is 0 Å². The van der Waals surface area contributed by atoms with Crippen LogP contribution in [-0.2, 0) is 0 Å². The van der Waals surface area contributed by atoms with Gasteiger partial charge in [0.1, 0.15) is 0 Å². The number of hydrogen-bond acceptors (Lipinski definition) is 7. The quantitative estimate of drug-likeness (QED) is 0.296. The van der Waals surface area contributed by atoms with Crippen LogP contribution in [0.5, 0.6) is 0 Å². The first-order valence-electron chi connectivity index (χ1n) is 3.28. The molecular formula is C5H17Cl2O7P. The Bertz CT molecular complexity index is 93.3. The van der Waals surface area contributed by atoms with Crippen molar-refractivity contribution in [2.45, 2.75) is 0 Å². The summed E-state index contributed by atoms with van der Waals surface area (Å²) in [6.45, 7) is -1.62. The van der Waals surface area contributed by atoms with Gasteiger partial charge in [-0.3, -0.25) is 0 Å². The molecule has 0 fully saturated rings. The molecule has 0 aromatic rings. The zero-order valence-electron chi connectivity index (χ0n) is 7.72. The van der Waals surface area contributed by atoms with E-state index in [1.807, 2.05) is 0 Å². The van der Waals surface area contributed by atoms with Gasteiger partial charge in [-0.15, -0.1) is 24.8 Å². The van der Waals surface area contributed by atoms with Crippen LogP contribution in [-0.4, -0.2) is 61.5 Å². The minimum absolute atomic E-state index is 0. The van der Waals surface area contributed by atoms with Crippen molar-refractivity contribution in [1.82, 2.24) is 0 Å². The van der Waals surface area contributed by atoms with Crippen LogP contribution < -0.4 is 0 Å². The van der Waals surface area contributed by atoms with Crippen molar-refractivity contribution in [3.63, 3.8) is 0 Å². The summed E-state index contributed by atoms with van der Waals surface area (Å²) < 4.78 is 0. The van der Waals surface area contributed by atoms with Crippen LogP contribution >= 0.6 is 33.4 Å². The van der Waals surface area contributed by atoms with Crippen LogP contribution in [0.4, 0.5) is 0 Å². The molecule has 0 aliphatic heterocycles. The van der Waals surface area contributed by atoms with Gasteiger partial charge in [0.2, 0.25) is 0 Å². The molecule has 0 unspecified atom stereocenters. The second kappa shape index (κ2) is 14.7. The maximum absolute atomic E-state index is 8.50. The van der Waals surface area contributed by atoms with E-state index in [2.05, 4.69) is 0 Å². The van der Waals surface area contributed by atoms with Crippen LogP contribution in [0.2, 0.25) is 0 Å². The minimum atomic E-state index is -2.62. The van der Waals surface area contributed by atoms with E-state index >= 15 is 0 Å². The van der Waals surface area contributed by atoms with Crippen molar-refractivity contribution >= 4 is 33.4 Å². The molecule has 7 nitrogen and oxygen atoms in total. The molecule has 0 aromatic heterocycles. The maximum Gasteiger partial charge on any atom is 0.324 e. The van der Waals surface area contributed by atoms with Gasteiger partial charge in [-0.05, 0) is 0 Å². The fourth-order valence-electron chi connectivity index (χ4n) is 0.300. The largest absolute Gasteiger partial charge is 0.396 e. The highest BCUT2D eigenvalue weighted by molar-refractivity contribution is 7.38. The summed E-state index contributed by atoms with van der Waals surface area (Å²) >= 11 is 0. The van der Waals surface area contributed by atoms with Crippen molar-refractivity contribution in [3.8, 4) is 0 Å². The normalized spacial score (nSPS) is 9.60. The highest BCUT2D eigenvalue weighted by Gasteiger charge is 2.26. The topological polar surface area (TPSA) is 142 Å². The Kier molecular flexibility index (Phi) is 24.4. The van der Waals surface area contributed by atoms with Gasteiger partial charge in [0.25, 0.3) is 0 Å². The van der Waals surface area contributed by atoms with Crippen LogP contribution in [0.1, 0.15) is 0 Å². The molecule has 0 amide bonds. The third-order valence-electron chi connectivity index (χ3n) is 1.34. The predicted octanol–water partition coefficient (Wildman–Crippen LogP) is -2.02. The Morgan fingerprint density at radius 3 is 0.800 bits per heavy atom. The molecule has 7 N–H and O–H groups in total. The lowest BCUT2D eigenvalue weighted by Crippen LogP contribution is -2.37. The van der Waals surface area contributed by atoms with Crippen molar-refractivity contribution < 1.29 is 35.1 Å². The van der Waals surface area contributed by atoms with Gasteiger partial charge in [-0.25, -0.2) is 0 Å². The lowest BCUT2D eigenvalue weighted by atomic mass is 9.93. The Hall–Kier alpha value is 0.730. The summed E-state index contributed by atoms with van der Waals surface area (Å²) in [4.78, 5) is 21.7. The van der Waals surface area contributed by atoms with Crippen LogP contribution in [0, 0.1) is 5.41 Å². The second-order valence-electron chi connectivity index (χ2n) is 2.40. The van der Waals surface area contributed by atoms with Crippen molar-refractivity contribution in [1.29, 1.82) is 0 Å². The van der Waals surface area contributed by atoms with Gasteiger partial charge in [-0.1, -0.05) is 0 Å². The molecule has 0 spiro atoms. The molecule has 0 heterocycles. The van der Waals surface area contributed by atoms with Gasteiger partial charge in [0.15, 0.2) is 0 Å². The van der Waals surface area contributed by atoms with Crippen molar-refractivity contribution in [2.24, 2.45) is 5.41 Å². The summed E-state index contributed by atoms with van der Waals surface area (Å²) in [6, 6.07) is 0. The summed E-state index contributed by atoms with van der Waals surface area (Å²) in [5.74, 6) is 0. The van der Waals surface area contributed by atoms with E-state index in [1.165, 1.54) is 0 Å². The average Bonchev–Trinajstić information content (AvgIpc) is 2.09. The summed E-state index contributed by atoms with van der Waals surface area (Å²) in [6.07, 6.45) is 0. The van der Waals surface area contributed by atoms with E-state index < -0.39 is 40.4 Å². The van der Waals surface area contributed by atoms with Crippen LogP contribution in [0.3, 0.4) is 0 Å². The number of hydrogen-bond donors (Lipinski definition) is 7. The van der Waals surface area contributed by atoms with E-state index in [1.54, 1.807) is 0 Å². The number of halogens is 2. The minimum Gasteiger partial charge on any atom is -0.396 e. The fraction of sp³-hybridized carbons (Fsp3) is 1.00. The molecule has 0 aliphatic carbocycles. The van der Waals surface area contributed by atoms with Gasteiger partial charge in [-0.2, -0.15) is 0 Å². The first-order chi connectivity index (χ1) is 5.97. The SMILES string of the molecule is Cl.Cl.OCC(CO)(CO)CO.OP(O)O. The molecule has 0 atom stereocenters. The van der Waals surface area contributed by atoms with Crippen LogP contribution in [0.15, 0.2) is 0 Å². The molecule has 0 bridgehead atoms. The Morgan fingerprint density at radius 1 is 0.667 bits per heavy atom. The van der Waals surface area contributed by atoms with Gasteiger partial charge in [0.05, 0.1) is 31.8 Å². The standard InChI is InChI=1S/C5H12O4.2ClH.H3O3P/c6-1-5(2-7,3-8)4-9;;;1-4(2)3/h6-9H,1-4H2;2*1H;1-3H. The Labute approximate surface area is 101 Å². The lowest BCUT2D eigenvalue weighted by Gasteiger charge is -2.23. The van der Waals surface area contributed by atoms with E-state index in [0.717, 1.165) is 0 Å². The molecule has 15 heavy (non-hydrogen) atoms. The van der Waals surface area contributed by atoms with E-state index in [-0.39, 0.29) is 24.8 Å². The number of aliphatic hydroxyl groups excluding tert-OH is 4. The van der Waals surface area contributed by atoms with Crippen molar-refractivity contribution in [2.75, 3.05) is 26.4 Å². The molecule has 98 valence electrons. The third-order valence-corrected chi connectivity index (χ3v) is 1.34. The third kappa shape index (κ3) is 14.7. The van der Waals surface area contributed by atoms with Gasteiger partial charge in [0, 0.05) is 0 Å². The Balaban J connectivity index is -0.0000000883. The first-order valence-corrected chi connectivity index (χ1v) is 4.48. The predicted molar refractivity (Wildman–Crippen MR) is 58.8 cm³/mol. The summed E-state index contributed by atoms with van der Waals surface area (Å²) in [5.41, 5.74) is -1.11. The molecular weight excluding hydrogens is 274 g/mol. The van der Waals surface area contributed by atoms with E-state index in [9.17, 15) is 0 Å². The molecule has 0 aromatic carbocycles. The van der Waals surface area contributed by atoms with Crippen LogP contribution in [0.25, 0.3) is 0 Å². The molecule has 10 heteroatoms. The average molecular weight is 291 g/mol. The molecule has 0 radical (unpaired) electrons. The Morgan fingerprint density at radius 2 is 0.800 bits per heavy atom. The molecule has 0 saturated carbocycles. The summed E-state index contributed by atoms with van der Waals surface area (Å²) in [7, 11) is -2.62. The molecule has 0 rings (SSSR count). The number of aliphatic hydroxyl groups is 4. The van der Waals surface area contributed by atoms with Crippen molar-refractivity contribution in [3.05, 3.63) is 0 Å². The first kappa shape index (κ1) is 24.8.